The molecular formula is C27H31N7O. The van der Waals surface area contributed by atoms with Crippen LogP contribution in [0.4, 0.5) is 5.69 Å². The number of aromatic amines is 1. The van der Waals surface area contributed by atoms with Crippen LogP contribution in [-0.4, -0.2) is 56.3 Å². The van der Waals surface area contributed by atoms with E-state index in [9.17, 15) is 4.79 Å². The minimum Gasteiger partial charge on any atom is -0.369 e. The molecule has 1 N–H and O–H groups in total. The quantitative estimate of drug-likeness (QED) is 0.478. The molecule has 0 spiro atoms. The van der Waals surface area contributed by atoms with Crippen LogP contribution >= 0.6 is 0 Å². The zero-order chi connectivity index (χ0) is 23.8. The number of aromatic nitrogens is 5. The number of H-pyrrole nitrogens is 1. The fourth-order valence-corrected chi connectivity index (χ4v) is 5.70. The Labute approximate surface area is 204 Å². The van der Waals surface area contributed by atoms with Crippen LogP contribution in [0.1, 0.15) is 54.7 Å². The number of hydrogen-bond acceptors (Lipinski definition) is 6. The first-order valence-corrected chi connectivity index (χ1v) is 12.6. The van der Waals surface area contributed by atoms with Crippen molar-refractivity contribution in [3.8, 4) is 0 Å². The van der Waals surface area contributed by atoms with Crippen molar-refractivity contribution in [1.82, 2.24) is 30.1 Å². The van der Waals surface area contributed by atoms with Crippen molar-refractivity contribution >= 4 is 16.6 Å². The van der Waals surface area contributed by atoms with Crippen molar-refractivity contribution < 1.29 is 0 Å². The minimum atomic E-state index is -0.294. The molecule has 0 amide bonds. The van der Waals surface area contributed by atoms with E-state index >= 15 is 0 Å². The highest BCUT2D eigenvalue weighted by Crippen LogP contribution is 2.34. The van der Waals surface area contributed by atoms with E-state index in [0.717, 1.165) is 61.3 Å². The molecule has 0 bridgehead atoms. The lowest BCUT2D eigenvalue weighted by Crippen LogP contribution is -2.49. The second-order valence-electron chi connectivity index (χ2n) is 9.83. The Morgan fingerprint density at radius 2 is 1.74 bits per heavy atom. The molecule has 35 heavy (non-hydrogen) atoms. The Bertz CT molecular complexity index is 1370. The number of anilines is 1. The summed E-state index contributed by atoms with van der Waals surface area (Å²) in [4.78, 5) is 21.4. The third-order valence-electron chi connectivity index (χ3n) is 7.56. The molecule has 180 valence electrons. The predicted molar refractivity (Wildman–Crippen MR) is 137 cm³/mol. The summed E-state index contributed by atoms with van der Waals surface area (Å²) in [6.45, 7) is 5.45. The van der Waals surface area contributed by atoms with Crippen molar-refractivity contribution in [1.29, 1.82) is 0 Å². The Kier molecular flexibility index (Phi) is 5.82. The SMILES string of the molecule is Cc1ccc2cc([C@@H](c3nnnn3C3CCCC3)N3CCN(c4ccccc4)CC3)c(=O)[nH]c2c1. The first kappa shape index (κ1) is 22.0. The molecule has 3 heterocycles. The molecule has 4 aromatic rings. The molecule has 1 aliphatic heterocycles. The van der Waals surface area contributed by atoms with Crippen LogP contribution in [-0.2, 0) is 0 Å². The van der Waals surface area contributed by atoms with Gasteiger partial charge in [0.15, 0.2) is 5.82 Å². The molecule has 1 atom stereocenters. The van der Waals surface area contributed by atoms with Gasteiger partial charge in [0.05, 0.1) is 6.04 Å². The number of nitrogens with one attached hydrogen (secondary N) is 1. The zero-order valence-electron chi connectivity index (χ0n) is 20.1. The lowest BCUT2D eigenvalue weighted by molar-refractivity contribution is 0.197. The standard InChI is InChI=1S/C27H31N7O/c1-19-11-12-20-18-23(27(35)28-24(20)17-19)25(26-29-30-31-34(26)22-9-5-6-10-22)33-15-13-32(14-16-33)21-7-3-2-4-8-21/h2-4,7-8,11-12,17-18,22,25H,5-6,9-10,13-16H2,1H3,(H,28,35)/t25-/m0/s1. The molecular weight excluding hydrogens is 438 g/mol. The lowest BCUT2D eigenvalue weighted by atomic mass is 10.0. The van der Waals surface area contributed by atoms with Gasteiger partial charge in [-0.2, -0.15) is 0 Å². The number of tetrazole rings is 1. The molecule has 8 nitrogen and oxygen atoms in total. The van der Waals surface area contributed by atoms with E-state index in [-0.39, 0.29) is 11.6 Å². The summed E-state index contributed by atoms with van der Waals surface area (Å²) in [5.41, 5.74) is 3.86. The van der Waals surface area contributed by atoms with Crippen molar-refractivity contribution in [2.45, 2.75) is 44.7 Å². The number of para-hydroxylation sites is 1. The molecule has 2 aromatic carbocycles. The van der Waals surface area contributed by atoms with Gasteiger partial charge in [0.2, 0.25) is 0 Å². The zero-order valence-corrected chi connectivity index (χ0v) is 20.1. The van der Waals surface area contributed by atoms with Crippen molar-refractivity contribution in [3.63, 3.8) is 0 Å². The van der Waals surface area contributed by atoms with Crippen molar-refractivity contribution in [2.24, 2.45) is 0 Å². The van der Waals surface area contributed by atoms with Gasteiger partial charge >= 0.3 is 0 Å². The van der Waals surface area contributed by atoms with Crippen LogP contribution in [0.2, 0.25) is 0 Å². The summed E-state index contributed by atoms with van der Waals surface area (Å²) >= 11 is 0. The number of nitrogens with zero attached hydrogens (tertiary/aromatic N) is 6. The van der Waals surface area contributed by atoms with Gasteiger partial charge in [-0.3, -0.25) is 9.69 Å². The summed E-state index contributed by atoms with van der Waals surface area (Å²) < 4.78 is 2.00. The summed E-state index contributed by atoms with van der Waals surface area (Å²) in [6, 6.07) is 18.8. The maximum atomic E-state index is 13.5. The number of fused-ring (bicyclic) bond motifs is 1. The highest BCUT2D eigenvalue weighted by molar-refractivity contribution is 5.79. The molecule has 8 heteroatoms. The first-order chi connectivity index (χ1) is 17.2. The van der Waals surface area contributed by atoms with Gasteiger partial charge in [-0.05, 0) is 65.4 Å². The van der Waals surface area contributed by atoms with E-state index in [0.29, 0.717) is 11.6 Å². The average Bonchev–Trinajstić information content (AvgIpc) is 3.58. The third-order valence-corrected chi connectivity index (χ3v) is 7.56. The lowest BCUT2D eigenvalue weighted by Gasteiger charge is -2.39. The van der Waals surface area contributed by atoms with Gasteiger partial charge in [0.1, 0.15) is 6.04 Å². The molecule has 1 saturated heterocycles. The van der Waals surface area contributed by atoms with Crippen LogP contribution in [0.3, 0.4) is 0 Å². The Morgan fingerprint density at radius 3 is 2.51 bits per heavy atom. The number of aryl methyl sites for hydroxylation is 1. The third kappa shape index (κ3) is 4.23. The molecule has 2 aromatic heterocycles. The number of benzene rings is 2. The van der Waals surface area contributed by atoms with Gasteiger partial charge in [-0.15, -0.1) is 5.10 Å². The molecule has 0 unspecified atom stereocenters. The molecule has 2 aliphatic rings. The summed E-state index contributed by atoms with van der Waals surface area (Å²) in [5.74, 6) is 0.780. The first-order valence-electron chi connectivity index (χ1n) is 12.6. The predicted octanol–water partition coefficient (Wildman–Crippen LogP) is 3.85. The van der Waals surface area contributed by atoms with E-state index in [1.165, 1.54) is 18.5 Å². The second-order valence-corrected chi connectivity index (χ2v) is 9.83. The highest BCUT2D eigenvalue weighted by Gasteiger charge is 2.34. The molecule has 0 radical (unpaired) electrons. The van der Waals surface area contributed by atoms with Crippen LogP contribution in [0.25, 0.3) is 10.9 Å². The van der Waals surface area contributed by atoms with Crippen LogP contribution in [0, 0.1) is 6.92 Å². The summed E-state index contributed by atoms with van der Waals surface area (Å²) in [7, 11) is 0. The maximum absolute atomic E-state index is 13.5. The minimum absolute atomic E-state index is 0.0699. The van der Waals surface area contributed by atoms with Gasteiger partial charge in [-0.1, -0.05) is 43.2 Å². The van der Waals surface area contributed by atoms with E-state index < -0.39 is 0 Å². The van der Waals surface area contributed by atoms with Crippen LogP contribution in [0.5, 0.6) is 0 Å². The van der Waals surface area contributed by atoms with Crippen molar-refractivity contribution in [3.05, 3.63) is 81.9 Å². The van der Waals surface area contributed by atoms with Crippen molar-refractivity contribution in [2.75, 3.05) is 31.1 Å². The maximum Gasteiger partial charge on any atom is 0.253 e. The number of pyridine rings is 1. The van der Waals surface area contributed by atoms with E-state index in [2.05, 4.69) is 66.7 Å². The Balaban J connectivity index is 1.39. The Morgan fingerprint density at radius 1 is 0.971 bits per heavy atom. The fourth-order valence-electron chi connectivity index (χ4n) is 5.70. The molecule has 1 saturated carbocycles. The monoisotopic (exact) mass is 469 g/mol. The van der Waals surface area contributed by atoms with Gasteiger partial charge in [0, 0.05) is 42.9 Å². The number of rotatable bonds is 5. The number of hydrogen-bond donors (Lipinski definition) is 1. The van der Waals surface area contributed by atoms with Gasteiger partial charge in [-0.25, -0.2) is 4.68 Å². The summed E-state index contributed by atoms with van der Waals surface area (Å²) in [5, 5.41) is 14.0. The topological polar surface area (TPSA) is 82.9 Å². The second kappa shape index (κ2) is 9.26. The normalized spacial score (nSPS) is 18.4. The number of piperazine rings is 1. The average molecular weight is 470 g/mol. The van der Waals surface area contributed by atoms with Gasteiger partial charge in [0.25, 0.3) is 5.56 Å². The van der Waals surface area contributed by atoms with Crippen LogP contribution < -0.4 is 10.5 Å². The van der Waals surface area contributed by atoms with Gasteiger partial charge < -0.3 is 9.88 Å². The van der Waals surface area contributed by atoms with E-state index in [4.69, 9.17) is 0 Å². The van der Waals surface area contributed by atoms with E-state index in [1.807, 2.05) is 29.8 Å². The molecule has 1 aliphatic carbocycles. The van der Waals surface area contributed by atoms with E-state index in [1.54, 1.807) is 0 Å². The highest BCUT2D eigenvalue weighted by atomic mass is 16.1. The fraction of sp³-hybridized carbons (Fsp3) is 0.407. The van der Waals surface area contributed by atoms with Crippen LogP contribution in [0.15, 0.2) is 59.4 Å². The largest absolute Gasteiger partial charge is 0.369 e. The summed E-state index contributed by atoms with van der Waals surface area (Å²) in [6.07, 6.45) is 4.56. The molecule has 6 rings (SSSR count). The Hall–Kier alpha value is -3.52. The molecule has 2 fully saturated rings. The smallest absolute Gasteiger partial charge is 0.253 e.